The molecule has 0 saturated carbocycles. The summed E-state index contributed by atoms with van der Waals surface area (Å²) in [5, 5.41) is 3.44. The lowest BCUT2D eigenvalue weighted by Gasteiger charge is -2.33. The molecule has 2 aliphatic carbocycles. The molecule has 2 aliphatic heterocycles. The number of hydrogen-bond acceptors (Lipinski definition) is 5. The third kappa shape index (κ3) is 5.38. The molecule has 274 valence electrons. The van der Waals surface area contributed by atoms with Gasteiger partial charge in [0.25, 0.3) is 0 Å². The van der Waals surface area contributed by atoms with Crippen molar-refractivity contribution in [3.05, 3.63) is 210 Å². The van der Waals surface area contributed by atoms with Crippen molar-refractivity contribution in [2.45, 2.75) is 23.0 Å². The van der Waals surface area contributed by atoms with E-state index in [4.69, 9.17) is 14.4 Å². The summed E-state index contributed by atoms with van der Waals surface area (Å²) in [4.78, 5) is 14.5. The molecule has 58 heavy (non-hydrogen) atoms. The molecule has 4 nitrogen and oxygen atoms in total. The van der Waals surface area contributed by atoms with E-state index in [1.807, 2.05) is 17.8 Å². The Kier molecular flexibility index (Phi) is 7.63. The maximum absolute atomic E-state index is 6.92. The highest BCUT2D eigenvalue weighted by molar-refractivity contribution is 8.00. The van der Waals surface area contributed by atoms with Crippen LogP contribution in [0.1, 0.15) is 34.2 Å². The minimum absolute atomic E-state index is 0.265. The lowest BCUT2D eigenvalue weighted by atomic mass is 9.86. The largest absolute Gasteiger partial charge is 0.454 e. The van der Waals surface area contributed by atoms with Crippen LogP contribution in [-0.2, 0) is 6.42 Å². The number of furan rings is 1. The Labute approximate surface area is 340 Å². The minimum Gasteiger partial charge on any atom is -0.454 e. The first-order valence-electron chi connectivity index (χ1n) is 19.9. The van der Waals surface area contributed by atoms with E-state index in [1.54, 1.807) is 0 Å². The van der Waals surface area contributed by atoms with Crippen molar-refractivity contribution in [3.63, 3.8) is 0 Å². The number of aromatic nitrogens is 2. The average Bonchev–Trinajstić information content (AvgIpc) is 3.38. The molecular weight excluding hydrogens is 727 g/mol. The van der Waals surface area contributed by atoms with Crippen LogP contribution >= 0.6 is 11.8 Å². The number of hydrogen-bond donors (Lipinski definition) is 0. The van der Waals surface area contributed by atoms with E-state index in [-0.39, 0.29) is 5.25 Å². The quantitative estimate of drug-likeness (QED) is 0.179. The zero-order valence-corrected chi connectivity index (χ0v) is 32.3. The summed E-state index contributed by atoms with van der Waals surface area (Å²) < 4.78 is 6.92. The number of anilines is 3. The van der Waals surface area contributed by atoms with Crippen molar-refractivity contribution in [1.82, 2.24) is 9.97 Å². The summed E-state index contributed by atoms with van der Waals surface area (Å²) in [6.45, 7) is 0. The van der Waals surface area contributed by atoms with E-state index in [0.29, 0.717) is 5.95 Å². The van der Waals surface area contributed by atoms with Crippen LogP contribution in [0.5, 0.6) is 0 Å². The Balaban J connectivity index is 1.11. The van der Waals surface area contributed by atoms with Gasteiger partial charge in [0, 0.05) is 38.3 Å². The Morgan fingerprint density at radius 2 is 1.48 bits per heavy atom. The zero-order valence-electron chi connectivity index (χ0n) is 31.5. The molecule has 1 unspecified atom stereocenters. The van der Waals surface area contributed by atoms with Crippen LogP contribution < -0.4 is 4.90 Å². The Bertz CT molecular complexity index is 3210. The highest BCUT2D eigenvalue weighted by atomic mass is 32.2. The van der Waals surface area contributed by atoms with E-state index < -0.39 is 0 Å². The minimum atomic E-state index is 0.265. The second-order valence-corrected chi connectivity index (χ2v) is 16.4. The van der Waals surface area contributed by atoms with Crippen LogP contribution in [0.2, 0.25) is 0 Å². The molecule has 0 amide bonds. The van der Waals surface area contributed by atoms with Crippen molar-refractivity contribution in [2.75, 3.05) is 4.90 Å². The summed E-state index contributed by atoms with van der Waals surface area (Å²) in [6, 6.07) is 45.3. The van der Waals surface area contributed by atoms with Gasteiger partial charge in [-0.25, -0.2) is 9.97 Å². The second kappa shape index (κ2) is 13.3. The summed E-state index contributed by atoms with van der Waals surface area (Å²) in [6.07, 6.45) is 22.0. The summed E-state index contributed by atoms with van der Waals surface area (Å²) in [5.74, 6) is 0.610. The number of para-hydroxylation sites is 3. The van der Waals surface area contributed by atoms with Gasteiger partial charge in [-0.1, -0.05) is 146 Å². The highest BCUT2D eigenvalue weighted by Gasteiger charge is 2.34. The van der Waals surface area contributed by atoms with Crippen LogP contribution in [0.4, 0.5) is 17.3 Å². The van der Waals surface area contributed by atoms with Crippen molar-refractivity contribution >= 4 is 78.6 Å². The predicted octanol–water partition coefficient (Wildman–Crippen LogP) is 14.0. The number of thioether (sulfide) groups is 1. The fourth-order valence-corrected chi connectivity index (χ4v) is 10.1. The Hall–Kier alpha value is -6.95. The molecule has 0 fully saturated rings. The van der Waals surface area contributed by atoms with E-state index in [2.05, 4.69) is 181 Å². The summed E-state index contributed by atoms with van der Waals surface area (Å²) >= 11 is 1.91. The molecule has 0 saturated heterocycles. The average molecular weight is 762 g/mol. The van der Waals surface area contributed by atoms with Gasteiger partial charge in [-0.3, -0.25) is 4.90 Å². The Morgan fingerprint density at radius 1 is 0.672 bits per heavy atom. The smallest absolute Gasteiger partial charge is 0.235 e. The number of benzene rings is 6. The van der Waals surface area contributed by atoms with Crippen LogP contribution in [0.3, 0.4) is 0 Å². The molecular formula is C53H35N3OS. The first-order chi connectivity index (χ1) is 28.7. The lowest BCUT2D eigenvalue weighted by molar-refractivity contribution is 0.667. The molecule has 2 aromatic heterocycles. The molecule has 0 spiro atoms. The van der Waals surface area contributed by atoms with Gasteiger partial charge in [-0.2, -0.15) is 0 Å². The second-order valence-electron chi connectivity index (χ2n) is 15.2. The van der Waals surface area contributed by atoms with Gasteiger partial charge in [0.1, 0.15) is 5.58 Å². The van der Waals surface area contributed by atoms with E-state index in [9.17, 15) is 0 Å². The van der Waals surface area contributed by atoms with Crippen molar-refractivity contribution in [1.29, 1.82) is 0 Å². The van der Waals surface area contributed by atoms with Gasteiger partial charge in [0.05, 0.1) is 22.6 Å². The number of fused-ring (bicyclic) bond motifs is 10. The van der Waals surface area contributed by atoms with Crippen LogP contribution in [0.15, 0.2) is 191 Å². The first kappa shape index (κ1) is 33.2. The maximum atomic E-state index is 6.92. The molecule has 2 bridgehead atoms. The van der Waals surface area contributed by atoms with Gasteiger partial charge < -0.3 is 4.42 Å². The number of rotatable bonds is 4. The molecule has 4 heterocycles. The molecule has 1 atom stereocenters. The first-order valence-corrected chi connectivity index (χ1v) is 20.8. The third-order valence-electron chi connectivity index (χ3n) is 11.7. The topological polar surface area (TPSA) is 42.2 Å². The van der Waals surface area contributed by atoms with Crippen molar-refractivity contribution in [3.8, 4) is 11.3 Å². The van der Waals surface area contributed by atoms with E-state index in [1.165, 1.54) is 49.4 Å². The molecule has 6 aromatic carbocycles. The van der Waals surface area contributed by atoms with Crippen LogP contribution in [0, 0.1) is 0 Å². The SMILES string of the molecule is C1=CCC=CC(c2ccc(-c3nc(N4c5ccccc5Cc5c(C6=CC7=CC(C=C6)Sc6ccccc67)cc6c(oc7ccccc76)c54)nc4ccccc34)cc2)=C1. The fraction of sp³-hybridized carbons (Fsp3) is 0.0566. The van der Waals surface area contributed by atoms with Crippen molar-refractivity contribution in [2.24, 2.45) is 0 Å². The molecule has 8 aromatic rings. The summed E-state index contributed by atoms with van der Waals surface area (Å²) in [5.41, 5.74) is 16.3. The maximum Gasteiger partial charge on any atom is 0.235 e. The summed E-state index contributed by atoms with van der Waals surface area (Å²) in [7, 11) is 0. The van der Waals surface area contributed by atoms with Crippen LogP contribution in [-0.4, -0.2) is 15.2 Å². The highest BCUT2D eigenvalue weighted by Crippen LogP contribution is 2.52. The van der Waals surface area contributed by atoms with E-state index >= 15 is 0 Å². The van der Waals surface area contributed by atoms with Crippen molar-refractivity contribution < 1.29 is 4.42 Å². The van der Waals surface area contributed by atoms with E-state index in [0.717, 1.165) is 68.3 Å². The normalized spacial score (nSPS) is 16.7. The standard InChI is InChI=1S/C53H35N3OS/c1-2-4-14-33(13-3-1)34-23-25-35(26-24-34)50-42-18-6-9-19-46(42)54-53(55-50)56-47-20-10-5-15-37(47)31-44-43(32-45-41-17-7-11-21-48(41)57-52(45)51(44)56)36-27-28-39-30-38(29-36)40-16-8-12-22-49(40)58-39/h1,3-30,32,39H,2,31H2. The lowest BCUT2D eigenvalue weighted by Crippen LogP contribution is -2.22. The van der Waals surface area contributed by atoms with Crippen LogP contribution in [0.25, 0.3) is 60.8 Å². The monoisotopic (exact) mass is 761 g/mol. The molecule has 5 heteroatoms. The van der Waals surface area contributed by atoms with Gasteiger partial charge in [-0.15, -0.1) is 11.8 Å². The van der Waals surface area contributed by atoms with Gasteiger partial charge >= 0.3 is 0 Å². The number of nitrogens with zero attached hydrogens (tertiary/aromatic N) is 3. The fourth-order valence-electron chi connectivity index (χ4n) is 8.99. The Morgan fingerprint density at radius 3 is 2.43 bits per heavy atom. The van der Waals surface area contributed by atoms with Gasteiger partial charge in [-0.05, 0) is 87.4 Å². The molecule has 4 aliphatic rings. The molecule has 12 rings (SSSR count). The third-order valence-corrected chi connectivity index (χ3v) is 12.9. The van der Waals surface area contributed by atoms with Gasteiger partial charge in [0.2, 0.25) is 5.95 Å². The molecule has 0 radical (unpaired) electrons. The molecule has 0 N–H and O–H groups in total. The predicted molar refractivity (Wildman–Crippen MR) is 242 cm³/mol. The van der Waals surface area contributed by atoms with Gasteiger partial charge in [0.15, 0.2) is 5.58 Å². The zero-order chi connectivity index (χ0) is 38.2. The number of allylic oxidation sites excluding steroid dienone is 10.